The van der Waals surface area contributed by atoms with Gasteiger partial charge in [-0.05, 0) is 47.4 Å². The number of rotatable bonds is 8. The fraction of sp³-hybridized carbons (Fsp3) is 0.321. The zero-order valence-corrected chi connectivity index (χ0v) is 18.9. The van der Waals surface area contributed by atoms with Gasteiger partial charge in [-0.25, -0.2) is 0 Å². The number of ether oxygens (including phenoxy) is 1. The summed E-state index contributed by atoms with van der Waals surface area (Å²) >= 11 is 0. The maximum absolute atomic E-state index is 12.4. The van der Waals surface area contributed by atoms with Gasteiger partial charge in [0.1, 0.15) is 0 Å². The lowest BCUT2D eigenvalue weighted by molar-refractivity contribution is 0.0951. The standard InChI is InChI=1S/C28H31N3O2/c32-28(30-20-21-4-2-1-3-5-21)24-10-8-23(9-11-24)26-18-27(26)29-19-22-6-12-25(13-7-22)31-14-16-33-17-15-31/h1-13,26-27,29H,14-20H2,(H,30,32)/t26-,27+/m0/s1. The highest BCUT2D eigenvalue weighted by atomic mass is 16.5. The molecule has 5 nitrogen and oxygen atoms in total. The number of hydrogen-bond donors (Lipinski definition) is 2. The van der Waals surface area contributed by atoms with Gasteiger partial charge in [0.15, 0.2) is 0 Å². The van der Waals surface area contributed by atoms with E-state index in [1.165, 1.54) is 16.8 Å². The lowest BCUT2D eigenvalue weighted by atomic mass is 10.1. The third kappa shape index (κ3) is 5.62. The molecule has 0 aromatic heterocycles. The van der Waals surface area contributed by atoms with Crippen LogP contribution in [0, 0.1) is 0 Å². The van der Waals surface area contributed by atoms with E-state index in [2.05, 4.69) is 51.9 Å². The predicted molar refractivity (Wildman–Crippen MR) is 132 cm³/mol. The summed E-state index contributed by atoms with van der Waals surface area (Å²) in [6, 6.07) is 27.4. The van der Waals surface area contributed by atoms with Gasteiger partial charge in [0.05, 0.1) is 13.2 Å². The number of morpholine rings is 1. The van der Waals surface area contributed by atoms with Gasteiger partial charge < -0.3 is 20.3 Å². The van der Waals surface area contributed by atoms with Crippen molar-refractivity contribution in [2.45, 2.75) is 31.5 Å². The normalized spacial score (nSPS) is 19.8. The number of carbonyl (C=O) groups excluding carboxylic acids is 1. The van der Waals surface area contributed by atoms with Crippen LogP contribution in [0.1, 0.15) is 39.4 Å². The molecule has 0 bridgehead atoms. The fourth-order valence-electron chi connectivity index (χ4n) is 4.45. The highest BCUT2D eigenvalue weighted by Crippen LogP contribution is 2.41. The van der Waals surface area contributed by atoms with Gasteiger partial charge in [0.2, 0.25) is 0 Å². The Bertz CT molecular complexity index is 1040. The minimum atomic E-state index is -0.0311. The van der Waals surface area contributed by atoms with Gasteiger partial charge in [-0.3, -0.25) is 4.79 Å². The van der Waals surface area contributed by atoms with Gasteiger partial charge in [0.25, 0.3) is 5.91 Å². The Balaban J connectivity index is 1.08. The molecule has 3 aromatic rings. The molecule has 1 heterocycles. The molecule has 1 aliphatic carbocycles. The minimum absolute atomic E-state index is 0.0311. The van der Waals surface area contributed by atoms with Crippen molar-refractivity contribution in [3.05, 3.63) is 101 Å². The molecule has 33 heavy (non-hydrogen) atoms. The summed E-state index contributed by atoms with van der Waals surface area (Å²) in [5.41, 5.74) is 5.70. The Kier molecular flexibility index (Phi) is 6.70. The van der Waals surface area contributed by atoms with E-state index in [1.807, 2.05) is 42.5 Å². The van der Waals surface area contributed by atoms with Crippen LogP contribution < -0.4 is 15.5 Å². The summed E-state index contributed by atoms with van der Waals surface area (Å²) in [6.07, 6.45) is 1.14. The number of benzene rings is 3. The van der Waals surface area contributed by atoms with Crippen molar-refractivity contribution in [3.8, 4) is 0 Å². The number of carbonyl (C=O) groups is 1. The van der Waals surface area contributed by atoms with Crippen LogP contribution in [-0.4, -0.2) is 38.3 Å². The molecular weight excluding hydrogens is 410 g/mol. The van der Waals surface area contributed by atoms with E-state index in [4.69, 9.17) is 4.74 Å². The summed E-state index contributed by atoms with van der Waals surface area (Å²) in [4.78, 5) is 14.8. The third-order valence-corrected chi connectivity index (χ3v) is 6.57. The molecular formula is C28H31N3O2. The lowest BCUT2D eigenvalue weighted by Crippen LogP contribution is -2.36. The second-order valence-corrected chi connectivity index (χ2v) is 8.89. The van der Waals surface area contributed by atoms with Crippen LogP contribution in [0.3, 0.4) is 0 Å². The van der Waals surface area contributed by atoms with Crippen LogP contribution in [0.25, 0.3) is 0 Å². The van der Waals surface area contributed by atoms with Crippen molar-refractivity contribution in [3.63, 3.8) is 0 Å². The SMILES string of the molecule is O=C(NCc1ccccc1)c1ccc([C@@H]2C[C@H]2NCc2ccc(N3CCOCC3)cc2)cc1. The first-order valence-corrected chi connectivity index (χ1v) is 11.8. The first kappa shape index (κ1) is 21.7. The number of nitrogens with zero attached hydrogens (tertiary/aromatic N) is 1. The van der Waals surface area contributed by atoms with Gasteiger partial charge in [-0.2, -0.15) is 0 Å². The molecule has 1 saturated heterocycles. The predicted octanol–water partition coefficient (Wildman–Crippen LogP) is 4.10. The largest absolute Gasteiger partial charge is 0.378 e. The molecule has 1 saturated carbocycles. The molecule has 3 aromatic carbocycles. The van der Waals surface area contributed by atoms with Crippen LogP contribution in [0.4, 0.5) is 5.69 Å². The van der Waals surface area contributed by atoms with Crippen LogP contribution >= 0.6 is 0 Å². The molecule has 0 unspecified atom stereocenters. The monoisotopic (exact) mass is 441 g/mol. The van der Waals surface area contributed by atoms with Crippen molar-refractivity contribution < 1.29 is 9.53 Å². The van der Waals surface area contributed by atoms with Crippen molar-refractivity contribution in [2.75, 3.05) is 31.2 Å². The van der Waals surface area contributed by atoms with Crippen LogP contribution in [-0.2, 0) is 17.8 Å². The lowest BCUT2D eigenvalue weighted by Gasteiger charge is -2.28. The molecule has 2 atom stereocenters. The van der Waals surface area contributed by atoms with E-state index in [-0.39, 0.29) is 5.91 Å². The average molecular weight is 442 g/mol. The first-order chi connectivity index (χ1) is 16.3. The summed E-state index contributed by atoms with van der Waals surface area (Å²) in [6.45, 7) is 4.98. The average Bonchev–Trinajstić information content (AvgIpc) is 3.67. The number of anilines is 1. The molecule has 5 rings (SSSR count). The highest BCUT2D eigenvalue weighted by Gasteiger charge is 2.37. The maximum Gasteiger partial charge on any atom is 0.251 e. The quantitative estimate of drug-likeness (QED) is 0.553. The van der Waals surface area contributed by atoms with Crippen LogP contribution in [0.5, 0.6) is 0 Å². The van der Waals surface area contributed by atoms with E-state index in [0.717, 1.165) is 44.8 Å². The Morgan fingerprint density at radius 2 is 1.55 bits per heavy atom. The van der Waals surface area contributed by atoms with Crippen molar-refractivity contribution in [2.24, 2.45) is 0 Å². The second-order valence-electron chi connectivity index (χ2n) is 8.89. The van der Waals surface area contributed by atoms with E-state index in [9.17, 15) is 4.79 Å². The van der Waals surface area contributed by atoms with Crippen molar-refractivity contribution in [1.29, 1.82) is 0 Å². The van der Waals surface area contributed by atoms with Crippen molar-refractivity contribution in [1.82, 2.24) is 10.6 Å². The molecule has 2 N–H and O–H groups in total. The molecule has 1 aliphatic heterocycles. The van der Waals surface area contributed by atoms with Crippen molar-refractivity contribution >= 4 is 11.6 Å². The second kappa shape index (κ2) is 10.2. The Morgan fingerprint density at radius 3 is 2.27 bits per heavy atom. The smallest absolute Gasteiger partial charge is 0.251 e. The Hall–Kier alpha value is -3.15. The molecule has 1 amide bonds. The zero-order chi connectivity index (χ0) is 22.5. The van der Waals surface area contributed by atoms with Gasteiger partial charge in [-0.15, -0.1) is 0 Å². The van der Waals surface area contributed by atoms with E-state index >= 15 is 0 Å². The number of amides is 1. The van der Waals surface area contributed by atoms with E-state index in [0.29, 0.717) is 24.1 Å². The summed E-state index contributed by atoms with van der Waals surface area (Å²) in [7, 11) is 0. The molecule has 0 spiro atoms. The zero-order valence-electron chi connectivity index (χ0n) is 18.9. The molecule has 2 fully saturated rings. The minimum Gasteiger partial charge on any atom is -0.378 e. The summed E-state index contributed by atoms with van der Waals surface area (Å²) < 4.78 is 5.44. The highest BCUT2D eigenvalue weighted by molar-refractivity contribution is 5.94. The Morgan fingerprint density at radius 1 is 0.848 bits per heavy atom. The van der Waals surface area contributed by atoms with E-state index < -0.39 is 0 Å². The van der Waals surface area contributed by atoms with Gasteiger partial charge >= 0.3 is 0 Å². The van der Waals surface area contributed by atoms with Gasteiger partial charge in [0, 0.05) is 49.4 Å². The number of hydrogen-bond acceptors (Lipinski definition) is 4. The molecule has 5 heteroatoms. The molecule has 2 aliphatic rings. The molecule has 170 valence electrons. The topological polar surface area (TPSA) is 53.6 Å². The summed E-state index contributed by atoms with van der Waals surface area (Å²) in [5, 5.41) is 6.67. The Labute approximate surface area is 195 Å². The molecule has 0 radical (unpaired) electrons. The van der Waals surface area contributed by atoms with Crippen LogP contribution in [0.2, 0.25) is 0 Å². The third-order valence-electron chi connectivity index (χ3n) is 6.57. The number of nitrogens with one attached hydrogen (secondary N) is 2. The first-order valence-electron chi connectivity index (χ1n) is 11.8. The summed E-state index contributed by atoms with van der Waals surface area (Å²) in [5.74, 6) is 0.496. The maximum atomic E-state index is 12.4. The fourth-order valence-corrected chi connectivity index (χ4v) is 4.45. The van der Waals surface area contributed by atoms with Crippen LogP contribution in [0.15, 0.2) is 78.9 Å². The van der Waals surface area contributed by atoms with E-state index in [1.54, 1.807) is 0 Å². The van der Waals surface area contributed by atoms with Gasteiger partial charge in [-0.1, -0.05) is 54.6 Å².